The first kappa shape index (κ1) is 97.1. The van der Waals surface area contributed by atoms with Crippen molar-refractivity contribution in [1.82, 2.24) is 61.7 Å². The molecule has 38 heteroatoms. The summed E-state index contributed by atoms with van der Waals surface area (Å²) in [5.41, 5.74) is 8.88. The van der Waals surface area contributed by atoms with Crippen molar-refractivity contribution < 1.29 is 97.1 Å². The van der Waals surface area contributed by atoms with Gasteiger partial charge >= 0.3 is 24.6 Å². The first-order valence-corrected chi connectivity index (χ1v) is 35.6. The zero-order valence-electron chi connectivity index (χ0n) is 60.7. The zero-order chi connectivity index (χ0) is 81.0. The van der Waals surface area contributed by atoms with Gasteiger partial charge in [0.2, 0.25) is 41.4 Å². The van der Waals surface area contributed by atoms with E-state index in [1.807, 2.05) is 24.3 Å². The van der Waals surface area contributed by atoms with Gasteiger partial charge < -0.3 is 43.0 Å². The molecule has 7 amide bonds. The number of benzene rings is 2. The van der Waals surface area contributed by atoms with E-state index in [4.69, 9.17) is 68.5 Å². The van der Waals surface area contributed by atoms with Gasteiger partial charge in [-0.15, -0.1) is 0 Å². The Morgan fingerprint density at radius 2 is 1.03 bits per heavy atom. The molecule has 0 spiro atoms. The van der Waals surface area contributed by atoms with Crippen LogP contribution in [0.15, 0.2) is 59.5 Å². The van der Waals surface area contributed by atoms with Crippen molar-refractivity contribution in [3.63, 3.8) is 0 Å². The summed E-state index contributed by atoms with van der Waals surface area (Å²) in [5, 5.41) is 52.5. The Balaban J connectivity index is 0.00000891. The molecule has 0 fully saturated rings. The number of carbonyl (C=O) groups is 9. The molecule has 13 N–H and O–H groups in total. The van der Waals surface area contributed by atoms with Gasteiger partial charge in [-0.05, 0) is 149 Å². The number of anilines is 3. The van der Waals surface area contributed by atoms with Gasteiger partial charge in [0, 0.05) is 127 Å². The van der Waals surface area contributed by atoms with E-state index in [0.717, 1.165) is 61.1 Å². The number of H-pyrrole nitrogens is 1. The minimum Gasteiger partial charge on any atom is -0.379 e. The smallest absolute Gasteiger partial charge is 0.373 e. The van der Waals surface area contributed by atoms with Crippen LogP contribution in [-0.2, 0) is 89.7 Å². The second-order valence-electron chi connectivity index (χ2n) is 24.1. The monoisotopic (exact) mass is 1550 g/mol. The van der Waals surface area contributed by atoms with E-state index in [0.29, 0.717) is 128 Å². The Hall–Kier alpha value is -10.9. The number of nitrogens with one attached hydrogen (secondary N) is 8. The molecule has 0 saturated heterocycles. The minimum absolute atomic E-state index is 0.0251. The number of amides is 7. The largest absolute Gasteiger partial charge is 0.379 e. The van der Waals surface area contributed by atoms with Gasteiger partial charge in [-0.2, -0.15) is 43.3 Å². The first-order chi connectivity index (χ1) is 51.6. The van der Waals surface area contributed by atoms with Crippen LogP contribution >= 0.6 is 24.4 Å². The lowest BCUT2D eigenvalue weighted by Crippen LogP contribution is -2.41. The molecule has 2 atom stereocenters. The van der Waals surface area contributed by atoms with E-state index in [2.05, 4.69) is 57.2 Å². The third kappa shape index (κ3) is 47.5. The van der Waals surface area contributed by atoms with E-state index < -0.39 is 35.2 Å². The Bertz CT molecular complexity index is 3630. The number of hydroxylamine groups is 6. The number of Topliss-reactive ketones (excluding diaryl/α,β-unsaturated/α-hetero) is 2. The van der Waals surface area contributed by atoms with Crippen LogP contribution in [0.5, 0.6) is 0 Å². The van der Waals surface area contributed by atoms with Crippen molar-refractivity contribution in [3.05, 3.63) is 81.9 Å². The fourth-order valence-corrected chi connectivity index (χ4v) is 10.3. The number of nitrogens with zero attached hydrogens (tertiary/aromatic N) is 6. The standard InChI is InChI=1S/C66H97N15O13S2.4CO2/c1-45(41-53(83)19-18-37-70-63(90)49-24-28-50(29-25-49)72-43-52-44-73-61-60(75-52)64(91)78-65(67)77-61)62(89)74-46(2)55(84)21-11-6-4-5-10-20-54(95)42-48-22-26-51(27-23-48)76-66(96)71-36-14-9-17-40-81(94)59(88)33-31-57(86)69-35-13-8-16-39-80(93)58(87)32-30-56(85)68-34-12-7-15-38-79(92)47(3)82;4*2-1-3/h22-29,44-46,72,92-94H,4-21,30-43H2,1-3H3,(H,68,85)(H,69,86)(H,70,90)(H,74,89)(H2,71,76,96)(H3,67,73,77,78,91);;;;/t45-,46+;;;;/m1..../s1. The van der Waals surface area contributed by atoms with E-state index >= 15 is 0 Å². The van der Waals surface area contributed by atoms with Crippen molar-refractivity contribution >= 4 is 140 Å². The topological polar surface area (TPSA) is 542 Å². The summed E-state index contributed by atoms with van der Waals surface area (Å²) in [7, 11) is 0. The lowest BCUT2D eigenvalue weighted by molar-refractivity contribution is -0.193. The molecular weight excluding hydrogens is 1450 g/mol. The highest BCUT2D eigenvalue weighted by Crippen LogP contribution is 2.17. The van der Waals surface area contributed by atoms with Gasteiger partial charge in [-0.1, -0.05) is 50.5 Å². The number of unbranched alkanes of at least 4 members (excludes halogenated alkanes) is 10. The maximum Gasteiger partial charge on any atom is 0.373 e. The SMILES string of the molecule is CC(=O)N(O)CCCCCNC(=O)CCC(=O)N(O)CCCCCNC(=O)CCC(=O)N(O)CCCCCNC(=S)Nc1ccc(CC(=S)CCCCCCCC(=O)[C@H](C)NC(=O)[C@H](C)CC(=O)CCCNC(=O)c2ccc(NCc3cnc4nc(N)[nH]c(=O)c4n3)cc2)cc1.O=C=O.O=C=O.O=C=O.O=C=O. The van der Waals surface area contributed by atoms with Gasteiger partial charge in [0.25, 0.3) is 11.5 Å². The molecule has 0 aliphatic carbocycles. The molecule has 0 aliphatic rings. The number of fused-ring (bicyclic) bond motifs is 1. The van der Waals surface area contributed by atoms with Crippen LogP contribution in [0.3, 0.4) is 0 Å². The third-order valence-corrected chi connectivity index (χ3v) is 16.1. The van der Waals surface area contributed by atoms with Crippen LogP contribution in [0.2, 0.25) is 0 Å². The lowest BCUT2D eigenvalue weighted by atomic mass is 9.99. The number of aromatic amines is 1. The van der Waals surface area contributed by atoms with Crippen molar-refractivity contribution in [2.24, 2.45) is 5.92 Å². The van der Waals surface area contributed by atoms with Crippen molar-refractivity contribution in [2.45, 2.75) is 187 Å². The summed E-state index contributed by atoms with van der Waals surface area (Å²) in [4.78, 5) is 204. The summed E-state index contributed by atoms with van der Waals surface area (Å²) >= 11 is 11.2. The molecule has 36 nitrogen and oxygen atoms in total. The molecule has 108 heavy (non-hydrogen) atoms. The summed E-state index contributed by atoms with van der Waals surface area (Å²) in [5.74, 6) is -3.68. The Labute approximate surface area is 633 Å². The van der Waals surface area contributed by atoms with Crippen molar-refractivity contribution in [2.75, 3.05) is 62.2 Å². The van der Waals surface area contributed by atoms with Gasteiger partial charge in [0.05, 0.1) is 24.5 Å². The number of thiocarbonyl (C=S) groups is 2. The van der Waals surface area contributed by atoms with Crippen LogP contribution in [-0.4, -0.2) is 190 Å². The molecule has 2 heterocycles. The molecule has 4 aromatic rings. The van der Waals surface area contributed by atoms with Crippen molar-refractivity contribution in [1.29, 1.82) is 0 Å². The van der Waals surface area contributed by atoms with E-state index in [-0.39, 0.29) is 148 Å². The number of rotatable bonds is 48. The number of nitrogen functional groups attached to an aromatic ring is 1. The fraction of sp³-hybridized carbons (Fsp3) is 0.529. The number of aromatic nitrogens is 4. The maximum absolute atomic E-state index is 12.9. The van der Waals surface area contributed by atoms with E-state index in [9.17, 15) is 63.6 Å². The molecule has 0 unspecified atom stereocenters. The average molecular weight is 1550 g/mol. The Morgan fingerprint density at radius 3 is 1.56 bits per heavy atom. The highest BCUT2D eigenvalue weighted by atomic mass is 32.1. The highest BCUT2D eigenvalue weighted by molar-refractivity contribution is 7.80. The summed E-state index contributed by atoms with van der Waals surface area (Å²) in [6.45, 7) is 6.88. The summed E-state index contributed by atoms with van der Waals surface area (Å²) < 4.78 is 0. The zero-order valence-corrected chi connectivity index (χ0v) is 62.4. The van der Waals surface area contributed by atoms with Gasteiger partial charge in [-0.25, -0.2) is 25.2 Å². The predicted octanol–water partition coefficient (Wildman–Crippen LogP) is 4.36. The molecule has 0 aliphatic heterocycles. The van der Waals surface area contributed by atoms with Gasteiger partial charge in [-0.3, -0.25) is 68.6 Å². The second kappa shape index (κ2) is 60.2. The molecular formula is C70H97N15O21S2. The quantitative estimate of drug-likeness (QED) is 0.0126. The molecule has 2 aromatic carbocycles. The third-order valence-electron chi connectivity index (χ3n) is 15.5. The first-order valence-electron chi connectivity index (χ1n) is 34.7. The van der Waals surface area contributed by atoms with Crippen LogP contribution in [0.25, 0.3) is 11.2 Å². The molecule has 590 valence electrons. The Morgan fingerprint density at radius 1 is 0.556 bits per heavy atom. The number of hydrogen-bond acceptors (Lipinski definition) is 28. The molecule has 0 radical (unpaired) electrons. The minimum atomic E-state index is -0.665. The number of nitrogens with two attached hydrogens (primary N) is 1. The molecule has 2 aromatic heterocycles. The normalized spacial score (nSPS) is 10.6. The lowest BCUT2D eigenvalue weighted by Gasteiger charge is -2.16. The van der Waals surface area contributed by atoms with E-state index in [1.165, 1.54) is 13.1 Å². The maximum atomic E-state index is 12.9. The predicted molar refractivity (Wildman–Crippen MR) is 391 cm³/mol. The van der Waals surface area contributed by atoms with Crippen molar-refractivity contribution in [3.8, 4) is 0 Å². The van der Waals surface area contributed by atoms with Crippen LogP contribution in [0.4, 0.5) is 17.3 Å². The number of carbonyl (C=O) groups excluding carboxylic acids is 17. The van der Waals surface area contributed by atoms with Crippen LogP contribution in [0.1, 0.15) is 190 Å². The summed E-state index contributed by atoms with van der Waals surface area (Å²) in [6.07, 6.45) is 14.6. The average Bonchev–Trinajstić information content (AvgIpc) is 0.811. The number of hydrogen-bond donors (Lipinski definition) is 12. The highest BCUT2D eigenvalue weighted by Gasteiger charge is 2.22. The van der Waals surface area contributed by atoms with Crippen LogP contribution < -0.4 is 48.5 Å². The van der Waals surface area contributed by atoms with Crippen LogP contribution in [0, 0.1) is 5.92 Å². The Kier molecular flexibility index (Phi) is 54.1. The van der Waals surface area contributed by atoms with Gasteiger partial charge in [0.1, 0.15) is 5.78 Å². The fourth-order valence-electron chi connectivity index (χ4n) is 9.75. The molecule has 0 bridgehead atoms. The second-order valence-corrected chi connectivity index (χ2v) is 25.1. The summed E-state index contributed by atoms with van der Waals surface area (Å²) in [6, 6.07) is 14.0. The van der Waals surface area contributed by atoms with E-state index in [1.54, 1.807) is 38.1 Å². The number of ketones is 2. The molecule has 4 rings (SSSR count). The van der Waals surface area contributed by atoms with Gasteiger partial charge in [0.15, 0.2) is 22.1 Å². The molecule has 0 saturated carbocycles.